The summed E-state index contributed by atoms with van der Waals surface area (Å²) in [5, 5.41) is 1.19. The van der Waals surface area contributed by atoms with E-state index in [9.17, 15) is 0 Å². The van der Waals surface area contributed by atoms with Gasteiger partial charge in [-0.15, -0.1) is 24.4 Å². The van der Waals surface area contributed by atoms with Gasteiger partial charge in [-0.2, -0.15) is 0 Å². The summed E-state index contributed by atoms with van der Waals surface area (Å²) >= 11 is 6.14. The molecule has 0 unspecified atom stereocenters. The number of benzene rings is 2. The van der Waals surface area contributed by atoms with Gasteiger partial charge in [-0.3, -0.25) is 4.98 Å². The molecule has 0 radical (unpaired) electrons. The average Bonchev–Trinajstić information content (AvgIpc) is 2.45. The number of fused-ring (bicyclic) bond motifs is 1. The second-order valence-corrected chi connectivity index (χ2v) is 5.85. The first kappa shape index (κ1) is 12.6. The molecule has 0 N–H and O–H groups in total. The minimum atomic E-state index is 0.877. The first-order valence-corrected chi connectivity index (χ1v) is 7.51. The van der Waals surface area contributed by atoms with Crippen LogP contribution in [0, 0.1) is 0 Å². The zero-order valence-corrected chi connectivity index (χ0v) is 12.0. The summed E-state index contributed by atoms with van der Waals surface area (Å²) in [4.78, 5) is 6.89. The third-order valence-electron chi connectivity index (χ3n) is 2.86. The van der Waals surface area contributed by atoms with Crippen LogP contribution in [0.3, 0.4) is 0 Å². The topological polar surface area (TPSA) is 12.9 Å². The Morgan fingerprint density at radius 1 is 0.947 bits per heavy atom. The molecule has 0 saturated heterocycles. The van der Waals surface area contributed by atoms with Crippen LogP contribution in [0.4, 0.5) is 0 Å². The molecular formula is C16H13NS2. The van der Waals surface area contributed by atoms with Crippen molar-refractivity contribution in [2.24, 2.45) is 0 Å². The lowest BCUT2D eigenvalue weighted by Gasteiger charge is -2.04. The molecule has 0 atom stereocenters. The van der Waals surface area contributed by atoms with E-state index in [1.165, 1.54) is 10.3 Å². The normalized spacial score (nSPS) is 10.8. The lowest BCUT2D eigenvalue weighted by Crippen LogP contribution is -1.87. The number of hydrogen-bond acceptors (Lipinski definition) is 3. The molecule has 0 aliphatic heterocycles. The summed E-state index contributed by atoms with van der Waals surface area (Å²) in [6.07, 6.45) is 0. The molecule has 1 heterocycles. The fraction of sp³-hybridized carbons (Fsp3) is 0.0625. The lowest BCUT2D eigenvalue weighted by atomic mass is 10.2. The van der Waals surface area contributed by atoms with Crippen LogP contribution in [0.25, 0.3) is 10.9 Å². The summed E-state index contributed by atoms with van der Waals surface area (Å²) in [5.74, 6) is 0.877. The van der Waals surface area contributed by atoms with Gasteiger partial charge in [-0.1, -0.05) is 30.3 Å². The number of rotatable bonds is 3. The Kier molecular flexibility index (Phi) is 3.76. The second-order valence-electron chi connectivity index (χ2n) is 4.28. The van der Waals surface area contributed by atoms with Crippen LogP contribution in [0.15, 0.2) is 70.5 Å². The van der Waals surface area contributed by atoms with Crippen molar-refractivity contribution in [1.29, 1.82) is 0 Å². The van der Waals surface area contributed by atoms with Gasteiger partial charge in [-0.05, 0) is 30.3 Å². The fourth-order valence-electron chi connectivity index (χ4n) is 1.92. The number of nitrogens with zero attached hydrogens (tertiary/aromatic N) is 1. The Balaban J connectivity index is 1.78. The van der Waals surface area contributed by atoms with E-state index < -0.39 is 0 Å². The smallest absolute Gasteiger partial charge is 0.0705 e. The Bertz CT molecular complexity index is 710. The zero-order chi connectivity index (χ0) is 13.1. The molecule has 94 valence electrons. The zero-order valence-electron chi connectivity index (χ0n) is 10.3. The van der Waals surface area contributed by atoms with Crippen LogP contribution < -0.4 is 0 Å². The van der Waals surface area contributed by atoms with Crippen LogP contribution in [-0.2, 0) is 5.75 Å². The van der Waals surface area contributed by atoms with Crippen LogP contribution in [0.2, 0.25) is 0 Å². The predicted molar refractivity (Wildman–Crippen MR) is 85.0 cm³/mol. The van der Waals surface area contributed by atoms with Crippen molar-refractivity contribution in [3.05, 3.63) is 66.4 Å². The number of aromatic nitrogens is 1. The molecule has 0 bridgehead atoms. The highest BCUT2D eigenvalue weighted by Gasteiger charge is 2.00. The van der Waals surface area contributed by atoms with E-state index >= 15 is 0 Å². The number of para-hydroxylation sites is 1. The van der Waals surface area contributed by atoms with Gasteiger partial charge in [0.05, 0.1) is 11.2 Å². The molecule has 0 aliphatic carbocycles. The highest BCUT2D eigenvalue weighted by atomic mass is 32.2. The SMILES string of the molecule is Sc1cccc(SCc2ccc3ccccc3n2)c1. The van der Waals surface area contributed by atoms with E-state index in [1.54, 1.807) is 11.8 Å². The largest absolute Gasteiger partial charge is 0.252 e. The summed E-state index contributed by atoms with van der Waals surface area (Å²) in [6, 6.07) is 20.6. The number of hydrogen-bond donors (Lipinski definition) is 1. The summed E-state index contributed by atoms with van der Waals surface area (Å²) in [6.45, 7) is 0. The molecule has 3 heteroatoms. The van der Waals surface area contributed by atoms with E-state index in [0.29, 0.717) is 0 Å². The Morgan fingerprint density at radius 3 is 2.74 bits per heavy atom. The molecule has 1 aromatic heterocycles. The van der Waals surface area contributed by atoms with Gasteiger partial charge in [0, 0.05) is 20.9 Å². The van der Waals surface area contributed by atoms with Gasteiger partial charge in [0.25, 0.3) is 0 Å². The highest BCUT2D eigenvalue weighted by molar-refractivity contribution is 7.98. The maximum Gasteiger partial charge on any atom is 0.0705 e. The van der Waals surface area contributed by atoms with Gasteiger partial charge in [-0.25, -0.2) is 0 Å². The van der Waals surface area contributed by atoms with Crippen LogP contribution in [0.5, 0.6) is 0 Å². The third kappa shape index (κ3) is 3.11. The molecule has 3 aromatic rings. The average molecular weight is 283 g/mol. The molecule has 2 aromatic carbocycles. The van der Waals surface area contributed by atoms with Crippen molar-refractivity contribution >= 4 is 35.3 Å². The van der Waals surface area contributed by atoms with Crippen molar-refractivity contribution in [1.82, 2.24) is 4.98 Å². The van der Waals surface area contributed by atoms with Crippen molar-refractivity contribution in [2.45, 2.75) is 15.5 Å². The molecule has 3 rings (SSSR count). The lowest BCUT2D eigenvalue weighted by molar-refractivity contribution is 1.22. The van der Waals surface area contributed by atoms with E-state index in [0.717, 1.165) is 21.9 Å². The predicted octanol–water partition coefficient (Wildman–Crippen LogP) is 4.82. The summed E-state index contributed by atoms with van der Waals surface area (Å²) < 4.78 is 0. The minimum absolute atomic E-state index is 0.877. The number of pyridine rings is 1. The molecule has 1 nitrogen and oxygen atoms in total. The van der Waals surface area contributed by atoms with Crippen LogP contribution in [0.1, 0.15) is 5.69 Å². The number of thioether (sulfide) groups is 1. The van der Waals surface area contributed by atoms with Crippen LogP contribution >= 0.6 is 24.4 Å². The maximum atomic E-state index is 4.67. The monoisotopic (exact) mass is 283 g/mol. The molecule has 0 spiro atoms. The Hall–Kier alpha value is -1.45. The maximum absolute atomic E-state index is 4.67. The van der Waals surface area contributed by atoms with Crippen molar-refractivity contribution in [3.63, 3.8) is 0 Å². The Labute approximate surface area is 122 Å². The molecular weight excluding hydrogens is 270 g/mol. The summed E-state index contributed by atoms with van der Waals surface area (Å²) in [5.41, 5.74) is 2.16. The standard InChI is InChI=1S/C16H13NS2/c18-14-5-3-6-15(10-14)19-11-13-9-8-12-4-1-2-7-16(12)17-13/h1-10,18H,11H2. The van der Waals surface area contributed by atoms with Gasteiger partial charge in [0.2, 0.25) is 0 Å². The quantitative estimate of drug-likeness (QED) is 0.547. The first-order valence-electron chi connectivity index (χ1n) is 6.08. The van der Waals surface area contributed by atoms with Gasteiger partial charge in [0.15, 0.2) is 0 Å². The second kappa shape index (κ2) is 5.68. The highest BCUT2D eigenvalue weighted by Crippen LogP contribution is 2.24. The van der Waals surface area contributed by atoms with E-state index in [1.807, 2.05) is 24.3 Å². The fourth-order valence-corrected chi connectivity index (χ4v) is 3.09. The number of thiol groups is 1. The van der Waals surface area contributed by atoms with Crippen molar-refractivity contribution in [2.75, 3.05) is 0 Å². The molecule has 0 saturated carbocycles. The van der Waals surface area contributed by atoms with Crippen LogP contribution in [-0.4, -0.2) is 4.98 Å². The third-order valence-corrected chi connectivity index (χ3v) is 4.17. The van der Waals surface area contributed by atoms with E-state index in [-0.39, 0.29) is 0 Å². The van der Waals surface area contributed by atoms with Gasteiger partial charge in [0.1, 0.15) is 0 Å². The Morgan fingerprint density at radius 2 is 1.84 bits per heavy atom. The van der Waals surface area contributed by atoms with E-state index in [4.69, 9.17) is 0 Å². The molecule has 0 amide bonds. The molecule has 0 aliphatic rings. The van der Waals surface area contributed by atoms with Crippen molar-refractivity contribution < 1.29 is 0 Å². The summed E-state index contributed by atoms with van der Waals surface area (Å²) in [7, 11) is 0. The van der Waals surface area contributed by atoms with Crippen molar-refractivity contribution in [3.8, 4) is 0 Å². The minimum Gasteiger partial charge on any atom is -0.252 e. The molecule has 0 fully saturated rings. The molecule has 19 heavy (non-hydrogen) atoms. The van der Waals surface area contributed by atoms with E-state index in [2.05, 4.69) is 54.0 Å². The first-order chi connectivity index (χ1) is 9.31. The van der Waals surface area contributed by atoms with Gasteiger partial charge < -0.3 is 0 Å². The van der Waals surface area contributed by atoms with Gasteiger partial charge >= 0.3 is 0 Å².